The SMILES string of the molecule is CCCCCCCC(Br)P(=O)(O)O. The minimum Gasteiger partial charge on any atom is -0.324 e. The molecule has 0 aliphatic carbocycles. The molecule has 0 radical (unpaired) electrons. The highest BCUT2D eigenvalue weighted by Crippen LogP contribution is 2.47. The summed E-state index contributed by atoms with van der Waals surface area (Å²) in [6.07, 6.45) is 6.08. The van der Waals surface area contributed by atoms with Gasteiger partial charge in [0.15, 0.2) is 0 Å². The topological polar surface area (TPSA) is 57.5 Å². The number of unbranched alkanes of at least 4 members (excludes halogenated alkanes) is 4. The second-order valence-corrected chi connectivity index (χ2v) is 6.84. The summed E-state index contributed by atoms with van der Waals surface area (Å²) < 4.78 is 10.0. The molecule has 80 valence electrons. The van der Waals surface area contributed by atoms with Gasteiger partial charge in [-0.3, -0.25) is 4.57 Å². The molecule has 0 spiro atoms. The second-order valence-electron chi connectivity index (χ2n) is 3.23. The van der Waals surface area contributed by atoms with E-state index in [9.17, 15) is 4.57 Å². The maximum atomic E-state index is 10.7. The average Bonchev–Trinajstić information content (AvgIpc) is 2.02. The molecule has 0 amide bonds. The molecular weight excluding hydrogens is 255 g/mol. The summed E-state index contributed by atoms with van der Waals surface area (Å²) in [5.41, 5.74) is 0. The Morgan fingerprint density at radius 2 is 1.77 bits per heavy atom. The van der Waals surface area contributed by atoms with Gasteiger partial charge in [-0.1, -0.05) is 55.0 Å². The Kier molecular flexibility index (Phi) is 7.33. The van der Waals surface area contributed by atoms with Gasteiger partial charge in [0.2, 0.25) is 0 Å². The smallest absolute Gasteiger partial charge is 0.324 e. The van der Waals surface area contributed by atoms with E-state index < -0.39 is 12.2 Å². The van der Waals surface area contributed by atoms with Crippen molar-refractivity contribution in [1.82, 2.24) is 0 Å². The lowest BCUT2D eigenvalue weighted by molar-refractivity contribution is 0.367. The highest BCUT2D eigenvalue weighted by Gasteiger charge is 2.24. The van der Waals surface area contributed by atoms with Gasteiger partial charge in [-0.05, 0) is 6.42 Å². The first-order valence-electron chi connectivity index (χ1n) is 4.67. The van der Waals surface area contributed by atoms with Crippen LogP contribution in [0.4, 0.5) is 0 Å². The van der Waals surface area contributed by atoms with Crippen molar-refractivity contribution in [2.24, 2.45) is 0 Å². The Balaban J connectivity index is 3.38. The number of hydrogen-bond acceptors (Lipinski definition) is 1. The molecule has 0 saturated heterocycles. The minimum atomic E-state index is -3.90. The van der Waals surface area contributed by atoms with Gasteiger partial charge in [0.05, 0.1) is 0 Å². The van der Waals surface area contributed by atoms with Gasteiger partial charge in [-0.2, -0.15) is 0 Å². The van der Waals surface area contributed by atoms with Crippen LogP contribution in [0.15, 0.2) is 0 Å². The fourth-order valence-corrected chi connectivity index (χ4v) is 1.93. The standard InChI is InChI=1S/C8H18BrO3P/c1-2-3-4-5-6-7-8(9)13(10,11)12/h8H,2-7H2,1H3,(H2,10,11,12). The van der Waals surface area contributed by atoms with Gasteiger partial charge in [-0.15, -0.1) is 0 Å². The van der Waals surface area contributed by atoms with Crippen molar-refractivity contribution in [3.8, 4) is 0 Å². The lowest BCUT2D eigenvalue weighted by Crippen LogP contribution is -1.98. The Morgan fingerprint density at radius 3 is 2.23 bits per heavy atom. The van der Waals surface area contributed by atoms with Crippen LogP contribution < -0.4 is 0 Å². The van der Waals surface area contributed by atoms with Crippen LogP contribution in [-0.4, -0.2) is 14.4 Å². The molecule has 0 heterocycles. The molecule has 5 heteroatoms. The third kappa shape index (κ3) is 7.68. The van der Waals surface area contributed by atoms with Gasteiger partial charge in [-0.25, -0.2) is 0 Å². The lowest BCUT2D eigenvalue weighted by Gasteiger charge is -2.10. The first-order chi connectivity index (χ1) is 5.98. The van der Waals surface area contributed by atoms with Crippen LogP contribution in [0.2, 0.25) is 0 Å². The average molecular weight is 273 g/mol. The molecule has 3 nitrogen and oxygen atoms in total. The second kappa shape index (κ2) is 6.99. The van der Waals surface area contributed by atoms with E-state index in [0.29, 0.717) is 6.42 Å². The molecule has 0 aromatic heterocycles. The van der Waals surface area contributed by atoms with Gasteiger partial charge in [0, 0.05) is 0 Å². The van der Waals surface area contributed by atoms with Crippen molar-refractivity contribution in [2.75, 3.05) is 0 Å². The fraction of sp³-hybridized carbons (Fsp3) is 1.00. The van der Waals surface area contributed by atoms with Crippen LogP contribution in [-0.2, 0) is 4.57 Å². The van der Waals surface area contributed by atoms with Crippen molar-refractivity contribution in [3.63, 3.8) is 0 Å². The fourth-order valence-electron chi connectivity index (χ4n) is 1.08. The summed E-state index contributed by atoms with van der Waals surface area (Å²) in [7, 11) is -3.90. The number of alkyl halides is 1. The van der Waals surface area contributed by atoms with Gasteiger partial charge in [0.25, 0.3) is 0 Å². The van der Waals surface area contributed by atoms with E-state index >= 15 is 0 Å². The molecule has 0 saturated carbocycles. The lowest BCUT2D eigenvalue weighted by atomic mass is 10.1. The summed E-state index contributed by atoms with van der Waals surface area (Å²) >= 11 is 3.00. The molecule has 2 N–H and O–H groups in total. The van der Waals surface area contributed by atoms with E-state index in [4.69, 9.17) is 9.79 Å². The Morgan fingerprint density at radius 1 is 1.23 bits per heavy atom. The van der Waals surface area contributed by atoms with Crippen LogP contribution in [0.1, 0.15) is 45.4 Å². The largest absolute Gasteiger partial charge is 0.339 e. The normalized spacial score (nSPS) is 14.5. The third-order valence-corrected chi connectivity index (χ3v) is 4.96. The first kappa shape index (κ1) is 13.6. The first-order valence-corrected chi connectivity index (χ1v) is 7.27. The monoisotopic (exact) mass is 272 g/mol. The predicted octanol–water partition coefficient (Wildman–Crippen LogP) is 3.25. The van der Waals surface area contributed by atoms with Crippen LogP contribution in [0.5, 0.6) is 0 Å². The van der Waals surface area contributed by atoms with Gasteiger partial charge in [0.1, 0.15) is 4.57 Å². The molecule has 0 aliphatic heterocycles. The Hall–Kier alpha value is 0.630. The van der Waals surface area contributed by atoms with Gasteiger partial charge < -0.3 is 9.79 Å². The third-order valence-electron chi connectivity index (χ3n) is 1.91. The maximum absolute atomic E-state index is 10.7. The molecular formula is C8H18BrO3P. The molecule has 0 bridgehead atoms. The molecule has 13 heavy (non-hydrogen) atoms. The molecule has 0 aliphatic rings. The highest BCUT2D eigenvalue weighted by atomic mass is 79.9. The van der Waals surface area contributed by atoms with Crippen molar-refractivity contribution in [3.05, 3.63) is 0 Å². The highest BCUT2D eigenvalue weighted by molar-refractivity contribution is 9.10. The van der Waals surface area contributed by atoms with Crippen molar-refractivity contribution in [2.45, 2.75) is 50.0 Å². The number of rotatable bonds is 7. The summed E-state index contributed by atoms with van der Waals surface area (Å²) in [5.74, 6) is 0. The van der Waals surface area contributed by atoms with Crippen molar-refractivity contribution in [1.29, 1.82) is 0 Å². The Bertz CT molecular complexity index is 169. The van der Waals surface area contributed by atoms with E-state index in [2.05, 4.69) is 22.9 Å². The zero-order valence-corrected chi connectivity index (χ0v) is 10.4. The zero-order valence-electron chi connectivity index (χ0n) is 7.95. The summed E-state index contributed by atoms with van der Waals surface area (Å²) in [5, 5.41) is 0. The number of hydrogen-bond donors (Lipinski definition) is 2. The molecule has 0 fully saturated rings. The van der Waals surface area contributed by atoms with Crippen LogP contribution in [0.3, 0.4) is 0 Å². The van der Waals surface area contributed by atoms with E-state index in [-0.39, 0.29) is 0 Å². The molecule has 1 unspecified atom stereocenters. The van der Waals surface area contributed by atoms with Gasteiger partial charge >= 0.3 is 7.60 Å². The zero-order chi connectivity index (χ0) is 10.3. The molecule has 1 atom stereocenters. The summed E-state index contributed by atoms with van der Waals surface area (Å²) in [6.45, 7) is 2.14. The molecule has 0 rings (SSSR count). The summed E-state index contributed by atoms with van der Waals surface area (Å²) in [6, 6.07) is 0. The molecule has 0 aromatic rings. The van der Waals surface area contributed by atoms with Crippen LogP contribution in [0.25, 0.3) is 0 Å². The van der Waals surface area contributed by atoms with Crippen LogP contribution >= 0.6 is 23.5 Å². The van der Waals surface area contributed by atoms with Crippen molar-refractivity contribution >= 4 is 23.5 Å². The maximum Gasteiger partial charge on any atom is 0.339 e. The minimum absolute atomic E-state index is 0.563. The van der Waals surface area contributed by atoms with Crippen molar-refractivity contribution < 1.29 is 14.4 Å². The van der Waals surface area contributed by atoms with E-state index in [1.54, 1.807) is 0 Å². The van der Waals surface area contributed by atoms with Crippen LogP contribution in [0, 0.1) is 0 Å². The predicted molar refractivity (Wildman–Crippen MR) is 58.1 cm³/mol. The number of halogens is 1. The summed E-state index contributed by atoms with van der Waals surface area (Å²) in [4.78, 5) is 17.5. The van der Waals surface area contributed by atoms with E-state index in [1.807, 2.05) is 0 Å². The van der Waals surface area contributed by atoms with E-state index in [0.717, 1.165) is 19.3 Å². The quantitative estimate of drug-likeness (QED) is 0.425. The van der Waals surface area contributed by atoms with E-state index in [1.165, 1.54) is 12.8 Å². The Labute approximate surface area is 88.2 Å². The molecule has 0 aromatic carbocycles.